The van der Waals surface area contributed by atoms with Gasteiger partial charge < -0.3 is 29.7 Å². The van der Waals surface area contributed by atoms with Crippen LogP contribution in [0.15, 0.2) is 54.6 Å². The third-order valence-electron chi connectivity index (χ3n) is 8.02. The van der Waals surface area contributed by atoms with Crippen LogP contribution in [-0.2, 0) is 57.5 Å². The number of ether oxygens (including phenoxy) is 3. The Labute approximate surface area is 278 Å². The summed E-state index contributed by atoms with van der Waals surface area (Å²) in [5.41, 5.74) is 4.91. The Morgan fingerprint density at radius 3 is 2.04 bits per heavy atom. The van der Waals surface area contributed by atoms with Crippen LogP contribution in [0.1, 0.15) is 68.1 Å². The predicted octanol–water partition coefficient (Wildman–Crippen LogP) is 3.62. The van der Waals surface area contributed by atoms with Crippen LogP contribution in [0.5, 0.6) is 0 Å². The molecule has 258 valence electrons. The van der Waals surface area contributed by atoms with E-state index in [2.05, 4.69) is 40.4 Å². The van der Waals surface area contributed by atoms with Gasteiger partial charge in [-0.1, -0.05) is 61.0 Å². The van der Waals surface area contributed by atoms with Gasteiger partial charge in [0.1, 0.15) is 6.61 Å². The second kappa shape index (κ2) is 21.9. The highest BCUT2D eigenvalue weighted by Crippen LogP contribution is 2.46. The van der Waals surface area contributed by atoms with Gasteiger partial charge in [0.2, 0.25) is 11.8 Å². The van der Waals surface area contributed by atoms with Crippen molar-refractivity contribution in [3.05, 3.63) is 71.3 Å². The number of carbonyl (C=O) groups excluding carboxylic acids is 4. The molecule has 1 aliphatic carbocycles. The molecule has 0 unspecified atom stereocenters. The molecule has 0 heterocycles. The van der Waals surface area contributed by atoms with Crippen LogP contribution in [0, 0.1) is 5.41 Å². The zero-order valence-electron chi connectivity index (χ0n) is 27.7. The van der Waals surface area contributed by atoms with Crippen molar-refractivity contribution >= 4 is 23.7 Å². The van der Waals surface area contributed by atoms with Crippen molar-refractivity contribution in [3.63, 3.8) is 0 Å². The van der Waals surface area contributed by atoms with E-state index >= 15 is 0 Å². The summed E-state index contributed by atoms with van der Waals surface area (Å²) in [5, 5.41) is 5.61. The van der Waals surface area contributed by atoms with Crippen molar-refractivity contribution in [1.29, 1.82) is 0 Å². The molecule has 1 saturated carbocycles. The summed E-state index contributed by atoms with van der Waals surface area (Å²) < 4.78 is 15.4. The lowest BCUT2D eigenvalue weighted by atomic mass is 10.0. The van der Waals surface area contributed by atoms with Gasteiger partial charge in [-0.15, -0.1) is 0 Å². The maximum absolute atomic E-state index is 12.6. The average molecular weight is 654 g/mol. The fourth-order valence-electron chi connectivity index (χ4n) is 4.91. The van der Waals surface area contributed by atoms with E-state index in [0.717, 1.165) is 44.1 Å². The molecule has 0 saturated heterocycles. The van der Waals surface area contributed by atoms with Crippen molar-refractivity contribution in [3.8, 4) is 0 Å². The molecule has 0 bridgehead atoms. The SMILES string of the molecule is COCCOCCOCC(=O)NCCCCCC(=O)NCC1(C(=O)ONC(=O)Cc2ccc(CCCCc3ccccc3)cc2)CC1. The van der Waals surface area contributed by atoms with Crippen molar-refractivity contribution in [2.75, 3.05) is 53.2 Å². The fourth-order valence-corrected chi connectivity index (χ4v) is 4.91. The van der Waals surface area contributed by atoms with Crippen LogP contribution in [0.4, 0.5) is 0 Å². The fraction of sp³-hybridized carbons (Fsp3) is 0.556. The predicted molar refractivity (Wildman–Crippen MR) is 177 cm³/mol. The van der Waals surface area contributed by atoms with Gasteiger partial charge in [0.05, 0.1) is 38.3 Å². The van der Waals surface area contributed by atoms with Gasteiger partial charge in [-0.25, -0.2) is 4.79 Å². The van der Waals surface area contributed by atoms with E-state index < -0.39 is 17.3 Å². The van der Waals surface area contributed by atoms with E-state index in [9.17, 15) is 19.2 Å². The number of benzene rings is 2. The maximum Gasteiger partial charge on any atom is 0.340 e. The summed E-state index contributed by atoms with van der Waals surface area (Å²) in [7, 11) is 1.60. The van der Waals surface area contributed by atoms with Gasteiger partial charge in [0, 0.05) is 26.6 Å². The molecule has 1 aliphatic rings. The molecule has 11 heteroatoms. The Hall–Kier alpha value is -3.80. The highest BCUT2D eigenvalue weighted by atomic mass is 16.7. The number of carbonyl (C=O) groups is 4. The third-order valence-corrected chi connectivity index (χ3v) is 8.02. The van der Waals surface area contributed by atoms with Crippen LogP contribution in [0.3, 0.4) is 0 Å². The lowest BCUT2D eigenvalue weighted by Crippen LogP contribution is -2.38. The third kappa shape index (κ3) is 16.0. The Morgan fingerprint density at radius 1 is 0.681 bits per heavy atom. The molecular formula is C36H51N3O8. The van der Waals surface area contributed by atoms with Gasteiger partial charge in [-0.05, 0) is 68.1 Å². The Morgan fingerprint density at radius 2 is 1.34 bits per heavy atom. The van der Waals surface area contributed by atoms with E-state index in [4.69, 9.17) is 19.0 Å². The van der Waals surface area contributed by atoms with Crippen molar-refractivity contribution in [2.45, 2.75) is 70.6 Å². The molecule has 0 radical (unpaired) electrons. The van der Waals surface area contributed by atoms with Gasteiger partial charge in [-0.3, -0.25) is 14.4 Å². The van der Waals surface area contributed by atoms with Crippen LogP contribution < -0.4 is 16.1 Å². The average Bonchev–Trinajstić information content (AvgIpc) is 3.88. The molecule has 0 spiro atoms. The van der Waals surface area contributed by atoms with E-state index in [1.165, 1.54) is 11.1 Å². The number of nitrogens with one attached hydrogen (secondary N) is 3. The quantitative estimate of drug-likeness (QED) is 0.115. The Kier molecular flexibility index (Phi) is 17.5. The molecule has 3 rings (SSSR count). The molecule has 3 N–H and O–H groups in total. The first kappa shape index (κ1) is 37.7. The van der Waals surface area contributed by atoms with Crippen molar-refractivity contribution in [2.24, 2.45) is 5.41 Å². The van der Waals surface area contributed by atoms with Crippen molar-refractivity contribution < 1.29 is 38.2 Å². The number of aryl methyl sites for hydroxylation is 2. The monoisotopic (exact) mass is 653 g/mol. The summed E-state index contributed by atoms with van der Waals surface area (Å²) >= 11 is 0. The zero-order valence-corrected chi connectivity index (χ0v) is 27.7. The topological polar surface area (TPSA) is 141 Å². The Bertz CT molecular complexity index is 1220. The molecule has 11 nitrogen and oxygen atoms in total. The summed E-state index contributed by atoms with van der Waals surface area (Å²) in [6.07, 6.45) is 8.09. The van der Waals surface area contributed by atoms with Gasteiger partial charge in [0.15, 0.2) is 0 Å². The molecule has 0 atom stereocenters. The number of rotatable bonds is 24. The van der Waals surface area contributed by atoms with Crippen LogP contribution in [0.2, 0.25) is 0 Å². The number of hydrogen-bond acceptors (Lipinski definition) is 8. The largest absolute Gasteiger partial charge is 0.382 e. The minimum atomic E-state index is -0.784. The molecule has 2 aromatic rings. The van der Waals surface area contributed by atoms with E-state index in [-0.39, 0.29) is 31.4 Å². The normalized spacial score (nSPS) is 13.0. The summed E-state index contributed by atoms with van der Waals surface area (Å²) in [4.78, 5) is 54.2. The van der Waals surface area contributed by atoms with Crippen molar-refractivity contribution in [1.82, 2.24) is 16.1 Å². The molecule has 0 aromatic heterocycles. The van der Waals surface area contributed by atoms with E-state index in [1.807, 2.05) is 30.3 Å². The summed E-state index contributed by atoms with van der Waals surface area (Å²) in [6, 6.07) is 18.4. The number of methoxy groups -OCH3 is 1. The molecule has 2 aromatic carbocycles. The van der Waals surface area contributed by atoms with Gasteiger partial charge >= 0.3 is 5.97 Å². The highest BCUT2D eigenvalue weighted by Gasteiger charge is 2.52. The van der Waals surface area contributed by atoms with E-state index in [1.54, 1.807) is 7.11 Å². The molecule has 47 heavy (non-hydrogen) atoms. The number of hydroxylamine groups is 1. The molecule has 0 aliphatic heterocycles. The first-order chi connectivity index (χ1) is 22.9. The van der Waals surface area contributed by atoms with Crippen LogP contribution in [-0.4, -0.2) is 76.9 Å². The van der Waals surface area contributed by atoms with Gasteiger partial charge in [0.25, 0.3) is 5.91 Å². The number of amides is 3. The maximum atomic E-state index is 12.6. The van der Waals surface area contributed by atoms with Crippen LogP contribution in [0.25, 0.3) is 0 Å². The molecule has 3 amide bonds. The smallest absolute Gasteiger partial charge is 0.340 e. The lowest BCUT2D eigenvalue weighted by Gasteiger charge is -2.15. The second-order valence-electron chi connectivity index (χ2n) is 12.0. The highest BCUT2D eigenvalue weighted by molar-refractivity contribution is 5.84. The minimum absolute atomic E-state index is 0.0197. The van der Waals surface area contributed by atoms with E-state index in [0.29, 0.717) is 58.7 Å². The first-order valence-corrected chi connectivity index (χ1v) is 16.7. The lowest BCUT2D eigenvalue weighted by molar-refractivity contribution is -0.163. The first-order valence-electron chi connectivity index (χ1n) is 16.7. The molecule has 1 fully saturated rings. The molecular weight excluding hydrogens is 602 g/mol. The zero-order chi connectivity index (χ0) is 33.6. The standard InChI is InChI=1S/C36H51N3O8/c1-44-22-23-45-24-25-46-27-34(42)37-21-9-3-6-14-32(40)38-28-36(19-20-36)35(43)47-39-33(41)26-31-17-15-30(16-18-31)13-8-7-12-29-10-4-2-5-11-29/h2,4-5,10-11,15-18H,3,6-9,12-14,19-28H2,1H3,(H,37,42)(H,38,40)(H,39,41). The number of hydrogen-bond donors (Lipinski definition) is 3. The Balaban J connectivity index is 1.18. The second-order valence-corrected chi connectivity index (χ2v) is 12.0. The number of unbranched alkanes of at least 4 members (excludes halogenated alkanes) is 3. The van der Waals surface area contributed by atoms with Gasteiger partial charge in [-0.2, -0.15) is 5.48 Å². The summed E-state index contributed by atoms with van der Waals surface area (Å²) in [5.74, 6) is -1.26. The van der Waals surface area contributed by atoms with Crippen LogP contribution >= 0.6 is 0 Å². The summed E-state index contributed by atoms with van der Waals surface area (Å²) in [6.45, 7) is 2.43. The minimum Gasteiger partial charge on any atom is -0.382 e.